The highest BCUT2D eigenvalue weighted by molar-refractivity contribution is 6.22. The van der Waals surface area contributed by atoms with Gasteiger partial charge in [-0.25, -0.2) is 0 Å². The topological polar surface area (TPSA) is 17.1 Å². The van der Waals surface area contributed by atoms with Crippen LogP contribution < -0.4 is 0 Å². The number of halogens is 1. The van der Waals surface area contributed by atoms with Gasteiger partial charge in [0.15, 0.2) is 0 Å². The summed E-state index contributed by atoms with van der Waals surface area (Å²) in [6, 6.07) is 0. The maximum Gasteiger partial charge on any atom is 0.132 e. The van der Waals surface area contributed by atoms with E-state index >= 15 is 0 Å². The maximum absolute atomic E-state index is 11.4. The van der Waals surface area contributed by atoms with Crippen molar-refractivity contribution in [2.75, 3.05) is 0 Å². The zero-order valence-corrected chi connectivity index (χ0v) is 11.6. The Morgan fingerprint density at radius 3 is 2.69 bits per heavy atom. The summed E-state index contributed by atoms with van der Waals surface area (Å²) in [5, 5.41) is 0.0946. The lowest BCUT2D eigenvalue weighted by Gasteiger charge is -2.43. The molecule has 1 nitrogen and oxygen atoms in total. The first-order valence-electron chi connectivity index (χ1n) is 6.09. The minimum Gasteiger partial charge on any atom is -0.300 e. The number of carbonyl (C=O) groups is 1. The first kappa shape index (κ1) is 13.8. The summed E-state index contributed by atoms with van der Waals surface area (Å²) < 4.78 is 0. The summed E-state index contributed by atoms with van der Waals surface area (Å²) in [6.45, 7) is 12.3. The van der Waals surface area contributed by atoms with E-state index in [-0.39, 0.29) is 22.5 Å². The van der Waals surface area contributed by atoms with E-state index in [4.69, 9.17) is 11.6 Å². The normalized spacial score (nSPS) is 31.2. The van der Waals surface area contributed by atoms with Crippen LogP contribution in [0.15, 0.2) is 12.2 Å². The van der Waals surface area contributed by atoms with Crippen molar-refractivity contribution in [3.8, 4) is 0 Å². The predicted molar refractivity (Wildman–Crippen MR) is 69.7 cm³/mol. The van der Waals surface area contributed by atoms with Crippen molar-refractivity contribution < 1.29 is 4.79 Å². The number of ketones is 1. The summed E-state index contributed by atoms with van der Waals surface area (Å²) in [6.07, 6.45) is 3.03. The fourth-order valence-corrected chi connectivity index (χ4v) is 2.83. The van der Waals surface area contributed by atoms with E-state index in [0.29, 0.717) is 5.92 Å². The van der Waals surface area contributed by atoms with Crippen LogP contribution in [0.1, 0.15) is 47.0 Å². The number of Topliss-reactive ketones (excluding diaryl/α,β-unsaturated/α-hetero) is 1. The van der Waals surface area contributed by atoms with Gasteiger partial charge in [0.2, 0.25) is 0 Å². The van der Waals surface area contributed by atoms with Gasteiger partial charge in [-0.05, 0) is 37.5 Å². The molecule has 0 spiro atoms. The van der Waals surface area contributed by atoms with Crippen LogP contribution >= 0.6 is 11.6 Å². The molecule has 1 saturated carbocycles. The number of hydrogen-bond acceptors (Lipinski definition) is 1. The lowest BCUT2D eigenvalue weighted by atomic mass is 9.64. The monoisotopic (exact) mass is 242 g/mol. The van der Waals surface area contributed by atoms with E-state index in [9.17, 15) is 4.79 Å². The van der Waals surface area contributed by atoms with Gasteiger partial charge in [-0.1, -0.05) is 32.9 Å². The van der Waals surface area contributed by atoms with Gasteiger partial charge in [0.1, 0.15) is 5.78 Å². The number of alkyl halides is 1. The van der Waals surface area contributed by atoms with E-state index < -0.39 is 0 Å². The van der Waals surface area contributed by atoms with E-state index in [1.807, 2.05) is 6.92 Å². The minimum absolute atomic E-state index is 0.0946. The van der Waals surface area contributed by atoms with Crippen molar-refractivity contribution in [3.63, 3.8) is 0 Å². The van der Waals surface area contributed by atoms with Gasteiger partial charge < -0.3 is 0 Å². The molecule has 92 valence electrons. The maximum atomic E-state index is 11.4. The largest absolute Gasteiger partial charge is 0.300 e. The van der Waals surface area contributed by atoms with Crippen LogP contribution in [0.2, 0.25) is 0 Å². The quantitative estimate of drug-likeness (QED) is 0.536. The van der Waals surface area contributed by atoms with Gasteiger partial charge >= 0.3 is 0 Å². The second-order valence-corrected chi connectivity index (χ2v) is 6.40. The Morgan fingerprint density at radius 1 is 1.62 bits per heavy atom. The third kappa shape index (κ3) is 2.88. The molecule has 1 rings (SSSR count). The van der Waals surface area contributed by atoms with Crippen LogP contribution in [0.5, 0.6) is 0 Å². The molecule has 0 bridgehead atoms. The molecule has 0 aromatic carbocycles. The molecule has 0 amide bonds. The molecule has 0 aromatic heterocycles. The zero-order chi connectivity index (χ0) is 12.5. The molecule has 1 aliphatic rings. The highest BCUT2D eigenvalue weighted by Crippen LogP contribution is 2.47. The van der Waals surface area contributed by atoms with E-state index in [1.165, 1.54) is 0 Å². The van der Waals surface area contributed by atoms with E-state index in [0.717, 1.165) is 24.8 Å². The summed E-state index contributed by atoms with van der Waals surface area (Å²) >= 11 is 6.27. The van der Waals surface area contributed by atoms with Gasteiger partial charge in [-0.15, -0.1) is 11.6 Å². The first-order chi connectivity index (χ1) is 7.25. The predicted octanol–water partition coefficient (Wildman–Crippen LogP) is 4.20. The highest BCUT2D eigenvalue weighted by Gasteiger charge is 2.39. The first-order valence-corrected chi connectivity index (χ1v) is 6.52. The van der Waals surface area contributed by atoms with Crippen molar-refractivity contribution in [2.24, 2.45) is 17.3 Å². The number of allylic oxidation sites excluding steroid dienone is 1. The van der Waals surface area contributed by atoms with Crippen LogP contribution in [0.4, 0.5) is 0 Å². The van der Waals surface area contributed by atoms with Gasteiger partial charge in [-0.3, -0.25) is 4.79 Å². The summed E-state index contributed by atoms with van der Waals surface area (Å²) in [5.74, 6) is 0.755. The molecule has 0 saturated heterocycles. The van der Waals surface area contributed by atoms with Gasteiger partial charge in [0, 0.05) is 5.92 Å². The van der Waals surface area contributed by atoms with Crippen LogP contribution in [0, 0.1) is 17.3 Å². The Morgan fingerprint density at radius 2 is 2.19 bits per heavy atom. The van der Waals surface area contributed by atoms with Crippen molar-refractivity contribution in [1.82, 2.24) is 0 Å². The Hall–Kier alpha value is -0.300. The van der Waals surface area contributed by atoms with Crippen LogP contribution in [-0.2, 0) is 4.79 Å². The van der Waals surface area contributed by atoms with Crippen LogP contribution in [0.3, 0.4) is 0 Å². The zero-order valence-electron chi connectivity index (χ0n) is 10.8. The van der Waals surface area contributed by atoms with Crippen molar-refractivity contribution in [2.45, 2.75) is 52.3 Å². The average molecular weight is 243 g/mol. The van der Waals surface area contributed by atoms with E-state index in [2.05, 4.69) is 20.4 Å². The van der Waals surface area contributed by atoms with E-state index in [1.54, 1.807) is 6.92 Å². The Labute approximate surface area is 104 Å². The van der Waals surface area contributed by atoms with Gasteiger partial charge in [0.25, 0.3) is 0 Å². The van der Waals surface area contributed by atoms with Crippen molar-refractivity contribution in [1.29, 1.82) is 0 Å². The summed E-state index contributed by atoms with van der Waals surface area (Å²) in [7, 11) is 0. The second-order valence-electron chi connectivity index (χ2n) is 5.87. The lowest BCUT2D eigenvalue weighted by molar-refractivity contribution is -0.120. The average Bonchev–Trinajstić information content (AvgIpc) is 2.18. The SMILES string of the molecule is C=C1C(Cl)CCC(C)(C)C1CC(C)C(C)=O. The third-order valence-electron chi connectivity index (χ3n) is 4.12. The number of carbonyl (C=O) groups excluding carboxylic acids is 1. The molecule has 2 heteroatoms. The molecule has 1 fully saturated rings. The smallest absolute Gasteiger partial charge is 0.132 e. The molecule has 3 atom stereocenters. The molecule has 0 heterocycles. The Balaban J connectivity index is 2.80. The molecule has 0 aliphatic heterocycles. The molecular formula is C14H23ClO. The Kier molecular flexibility index (Phi) is 4.23. The van der Waals surface area contributed by atoms with Crippen LogP contribution in [-0.4, -0.2) is 11.2 Å². The molecule has 1 aliphatic carbocycles. The Bertz CT molecular complexity index is 293. The molecule has 16 heavy (non-hydrogen) atoms. The third-order valence-corrected chi connectivity index (χ3v) is 4.62. The summed E-state index contributed by atoms with van der Waals surface area (Å²) in [4.78, 5) is 11.4. The lowest BCUT2D eigenvalue weighted by Crippen LogP contribution is -2.36. The number of hydrogen-bond donors (Lipinski definition) is 0. The standard InChI is InChI=1S/C14H23ClO/c1-9(11(3)16)8-12-10(2)13(15)6-7-14(12,4)5/h9,12-13H,2,6-8H2,1,3-5H3. The molecule has 0 aromatic rings. The fraction of sp³-hybridized carbons (Fsp3) is 0.786. The van der Waals surface area contributed by atoms with Crippen LogP contribution in [0.25, 0.3) is 0 Å². The molecule has 0 radical (unpaired) electrons. The minimum atomic E-state index is 0.0946. The van der Waals surface area contributed by atoms with Crippen molar-refractivity contribution >= 4 is 17.4 Å². The molecule has 0 N–H and O–H groups in total. The highest BCUT2D eigenvalue weighted by atomic mass is 35.5. The summed E-state index contributed by atoms with van der Waals surface area (Å²) in [5.41, 5.74) is 1.36. The molecule has 3 unspecified atom stereocenters. The van der Waals surface area contributed by atoms with Gasteiger partial charge in [-0.2, -0.15) is 0 Å². The molecular weight excluding hydrogens is 220 g/mol. The second kappa shape index (κ2) is 4.91. The van der Waals surface area contributed by atoms with Crippen molar-refractivity contribution in [3.05, 3.63) is 12.2 Å². The fourth-order valence-electron chi connectivity index (χ4n) is 2.57. The number of rotatable bonds is 3. The van der Waals surface area contributed by atoms with Gasteiger partial charge in [0.05, 0.1) is 5.38 Å².